The summed E-state index contributed by atoms with van der Waals surface area (Å²) >= 11 is 0. The number of carbonyl (C=O) groups is 4. The zero-order valence-corrected chi connectivity index (χ0v) is 15.4. The van der Waals surface area contributed by atoms with E-state index < -0.39 is 46.5 Å². The van der Waals surface area contributed by atoms with Gasteiger partial charge in [0.1, 0.15) is 0 Å². The van der Waals surface area contributed by atoms with Crippen molar-refractivity contribution in [2.24, 2.45) is 11.8 Å². The first-order chi connectivity index (χ1) is 12.0. The minimum Gasteiger partial charge on any atom is -0.549 e. The standard InChI is InChI=1S/2C9H10O4.Cu/c2*1-6(10)9(13)5-3-2-4-7(9)8(11)12;/h2*2-5,7,13H,1H3,(H,11,12);/q;;+2/p-2. The number of hydrogen-bond acceptors (Lipinski definition) is 8. The maximum Gasteiger partial charge on any atom is 2.00 e. The number of aliphatic hydroxyl groups is 2. The molecule has 0 spiro atoms. The zero-order valence-electron chi connectivity index (χ0n) is 14.4. The number of aliphatic carboxylic acids is 2. The van der Waals surface area contributed by atoms with E-state index in [0.717, 1.165) is 26.0 Å². The first kappa shape index (κ1) is 24.7. The van der Waals surface area contributed by atoms with E-state index in [-0.39, 0.29) is 17.1 Å². The molecule has 0 saturated carbocycles. The van der Waals surface area contributed by atoms with Gasteiger partial charge >= 0.3 is 17.1 Å². The van der Waals surface area contributed by atoms with Crippen molar-refractivity contribution in [2.75, 3.05) is 0 Å². The second-order valence-corrected chi connectivity index (χ2v) is 5.84. The van der Waals surface area contributed by atoms with Crippen LogP contribution in [0.15, 0.2) is 48.6 Å². The van der Waals surface area contributed by atoms with Gasteiger partial charge in [-0.3, -0.25) is 9.59 Å². The summed E-state index contributed by atoms with van der Waals surface area (Å²) in [4.78, 5) is 43.2. The second-order valence-electron chi connectivity index (χ2n) is 5.84. The molecule has 1 radical (unpaired) electrons. The molecule has 2 aliphatic carbocycles. The molecule has 0 bridgehead atoms. The normalized spacial score (nSPS) is 30.5. The van der Waals surface area contributed by atoms with Crippen LogP contribution in [0.5, 0.6) is 0 Å². The molecule has 2 N–H and O–H groups in total. The average Bonchev–Trinajstić information content (AvgIpc) is 2.55. The SMILES string of the molecule is CC(=O)C1(O)C=CC=CC1C(=O)[O-].CC(=O)C1(O)C=CC=CC1C(=O)[O-].[Cu+2]. The van der Waals surface area contributed by atoms with Crippen molar-refractivity contribution in [1.82, 2.24) is 0 Å². The Balaban J connectivity index is 0.000000483. The molecule has 0 aromatic carbocycles. The first-order valence-corrected chi connectivity index (χ1v) is 7.57. The fraction of sp³-hybridized carbons (Fsp3) is 0.333. The van der Waals surface area contributed by atoms with Gasteiger partial charge in [-0.1, -0.05) is 36.5 Å². The molecule has 4 atom stereocenters. The van der Waals surface area contributed by atoms with Gasteiger partial charge in [-0.25, -0.2) is 0 Å². The van der Waals surface area contributed by atoms with Crippen LogP contribution in [-0.4, -0.2) is 44.9 Å². The van der Waals surface area contributed by atoms with Crippen LogP contribution in [0.2, 0.25) is 0 Å². The number of allylic oxidation sites excluding steroid dienone is 4. The largest absolute Gasteiger partial charge is 2.00 e. The first-order valence-electron chi connectivity index (χ1n) is 7.57. The quantitative estimate of drug-likeness (QED) is 0.472. The van der Waals surface area contributed by atoms with E-state index in [1.807, 2.05) is 0 Å². The molecule has 2 aliphatic rings. The van der Waals surface area contributed by atoms with Crippen LogP contribution < -0.4 is 10.2 Å². The molecule has 27 heavy (non-hydrogen) atoms. The average molecular weight is 426 g/mol. The summed E-state index contributed by atoms with van der Waals surface area (Å²) in [5, 5.41) is 40.5. The molecule has 9 heteroatoms. The summed E-state index contributed by atoms with van der Waals surface area (Å²) in [6, 6.07) is 0. The molecular formula is C18H18CuO8. The van der Waals surface area contributed by atoms with Gasteiger partial charge in [-0.15, -0.1) is 0 Å². The fourth-order valence-electron chi connectivity index (χ4n) is 2.44. The van der Waals surface area contributed by atoms with E-state index in [2.05, 4.69) is 0 Å². The maximum atomic E-state index is 11.0. The van der Waals surface area contributed by atoms with Crippen LogP contribution in [0.4, 0.5) is 0 Å². The van der Waals surface area contributed by atoms with Crippen LogP contribution in [0.1, 0.15) is 13.8 Å². The molecule has 0 aliphatic heterocycles. The molecule has 2 rings (SSSR count). The van der Waals surface area contributed by atoms with Crippen molar-refractivity contribution in [1.29, 1.82) is 0 Å². The van der Waals surface area contributed by atoms with Gasteiger partial charge in [0.25, 0.3) is 0 Å². The molecule has 0 aromatic rings. The Morgan fingerprint density at radius 1 is 0.741 bits per heavy atom. The van der Waals surface area contributed by atoms with Crippen molar-refractivity contribution in [3.8, 4) is 0 Å². The summed E-state index contributed by atoms with van der Waals surface area (Å²) in [5.41, 5.74) is -3.90. The van der Waals surface area contributed by atoms with Crippen LogP contribution in [0.25, 0.3) is 0 Å². The predicted molar refractivity (Wildman–Crippen MR) is 84.8 cm³/mol. The van der Waals surface area contributed by atoms with Crippen molar-refractivity contribution in [2.45, 2.75) is 25.0 Å². The molecule has 4 unspecified atom stereocenters. The predicted octanol–water partition coefficient (Wildman–Crippen LogP) is -2.41. The van der Waals surface area contributed by atoms with Crippen molar-refractivity contribution in [3.05, 3.63) is 48.6 Å². The van der Waals surface area contributed by atoms with Crippen molar-refractivity contribution < 1.29 is 56.7 Å². The van der Waals surface area contributed by atoms with E-state index in [0.29, 0.717) is 0 Å². The second kappa shape index (κ2) is 9.57. The van der Waals surface area contributed by atoms with E-state index in [1.54, 1.807) is 0 Å². The van der Waals surface area contributed by atoms with Gasteiger partial charge in [0.2, 0.25) is 0 Å². The number of Topliss-reactive ketones (excluding diaryl/α,β-unsaturated/α-hetero) is 2. The molecule has 8 nitrogen and oxygen atoms in total. The van der Waals surface area contributed by atoms with Gasteiger partial charge in [-0.05, 0) is 26.0 Å². The number of hydrogen-bond donors (Lipinski definition) is 2. The number of ketones is 2. The monoisotopic (exact) mass is 425 g/mol. The van der Waals surface area contributed by atoms with Crippen molar-refractivity contribution >= 4 is 23.5 Å². The Hall–Kier alpha value is -2.32. The zero-order chi connectivity index (χ0) is 20.1. The Labute approximate surface area is 166 Å². The van der Waals surface area contributed by atoms with E-state index in [1.165, 1.54) is 36.5 Å². The molecule has 0 saturated heterocycles. The van der Waals surface area contributed by atoms with Gasteiger partial charge in [0.15, 0.2) is 22.8 Å². The van der Waals surface area contributed by atoms with E-state index >= 15 is 0 Å². The number of rotatable bonds is 4. The number of carboxylic acid groups (broad SMARTS) is 2. The molecule has 149 valence electrons. The molecule has 0 heterocycles. The summed E-state index contributed by atoms with van der Waals surface area (Å²) in [6.45, 7) is 2.28. The van der Waals surface area contributed by atoms with E-state index in [4.69, 9.17) is 0 Å². The van der Waals surface area contributed by atoms with Crippen LogP contribution >= 0.6 is 0 Å². The number of carbonyl (C=O) groups excluding carboxylic acids is 4. The minimum absolute atomic E-state index is 0. The Morgan fingerprint density at radius 2 is 1.04 bits per heavy atom. The third kappa shape index (κ3) is 5.33. The minimum atomic E-state index is -1.95. The summed E-state index contributed by atoms with van der Waals surface area (Å²) in [6.07, 6.45) is 10.6. The van der Waals surface area contributed by atoms with Crippen molar-refractivity contribution in [3.63, 3.8) is 0 Å². The third-order valence-electron chi connectivity index (χ3n) is 4.11. The van der Waals surface area contributed by atoms with Crippen LogP contribution in [-0.2, 0) is 36.2 Å². The van der Waals surface area contributed by atoms with Gasteiger partial charge < -0.3 is 30.0 Å². The molecule has 0 aromatic heterocycles. The molecule has 0 fully saturated rings. The van der Waals surface area contributed by atoms with Gasteiger partial charge in [0.05, 0.1) is 23.8 Å². The van der Waals surface area contributed by atoms with E-state index in [9.17, 15) is 39.6 Å². The Morgan fingerprint density at radius 3 is 1.22 bits per heavy atom. The molecular weight excluding hydrogens is 408 g/mol. The summed E-state index contributed by atoms with van der Waals surface area (Å²) < 4.78 is 0. The third-order valence-corrected chi connectivity index (χ3v) is 4.11. The fourth-order valence-corrected chi connectivity index (χ4v) is 2.44. The summed E-state index contributed by atoms with van der Waals surface area (Å²) in [7, 11) is 0. The molecule has 0 amide bonds. The number of carboxylic acids is 2. The topological polar surface area (TPSA) is 155 Å². The smallest absolute Gasteiger partial charge is 0.549 e. The Bertz CT molecular complexity index is 674. The van der Waals surface area contributed by atoms with Crippen LogP contribution in [0, 0.1) is 11.8 Å². The Kier molecular flexibility index (Phi) is 8.75. The summed E-state index contributed by atoms with van der Waals surface area (Å²) in [5.74, 6) is -6.73. The van der Waals surface area contributed by atoms with Crippen LogP contribution in [0.3, 0.4) is 0 Å². The maximum absolute atomic E-state index is 11.0. The van der Waals surface area contributed by atoms with Gasteiger partial charge in [0, 0.05) is 0 Å². The van der Waals surface area contributed by atoms with Gasteiger partial charge in [-0.2, -0.15) is 0 Å².